The maximum Gasteiger partial charge on any atom is 0.0474 e. The number of halogens is 1. The fourth-order valence-corrected chi connectivity index (χ4v) is 1.93. The Balaban J connectivity index is 2.67. The van der Waals surface area contributed by atoms with Gasteiger partial charge in [-0.25, -0.2) is 0 Å². The van der Waals surface area contributed by atoms with Gasteiger partial charge in [0, 0.05) is 31.2 Å². The van der Waals surface area contributed by atoms with E-state index >= 15 is 0 Å². The molecule has 0 bridgehead atoms. The first-order valence-corrected chi connectivity index (χ1v) is 6.75. The van der Waals surface area contributed by atoms with Crippen molar-refractivity contribution in [2.45, 2.75) is 19.2 Å². The van der Waals surface area contributed by atoms with Gasteiger partial charge in [-0.05, 0) is 38.2 Å². The van der Waals surface area contributed by atoms with Crippen LogP contribution in [0.25, 0.3) is 0 Å². The molecule has 1 aromatic carbocycles. The second kappa shape index (κ2) is 7.57. The van der Waals surface area contributed by atoms with Gasteiger partial charge in [-0.2, -0.15) is 0 Å². The molecule has 96 valence electrons. The fraction of sp³-hybridized carbons (Fsp3) is 0.571. The summed E-state index contributed by atoms with van der Waals surface area (Å²) in [6, 6.07) is 8.56. The fourth-order valence-electron chi connectivity index (χ4n) is 1.76. The lowest BCUT2D eigenvalue weighted by Gasteiger charge is -2.26. The van der Waals surface area contributed by atoms with Crippen LogP contribution < -0.4 is 4.90 Å². The molecule has 0 spiro atoms. The van der Waals surface area contributed by atoms with E-state index in [1.807, 2.05) is 0 Å². The van der Waals surface area contributed by atoms with Crippen LogP contribution in [-0.4, -0.2) is 38.6 Å². The molecule has 0 aliphatic heterocycles. The minimum absolute atomic E-state index is 0.589. The molecule has 0 aliphatic carbocycles. The largest absolute Gasteiger partial charge is 0.370 e. The first-order chi connectivity index (χ1) is 8.17. The van der Waals surface area contributed by atoms with Crippen molar-refractivity contribution in [1.29, 1.82) is 0 Å². The molecule has 0 aromatic heterocycles. The maximum absolute atomic E-state index is 5.80. The van der Waals surface area contributed by atoms with Crippen molar-refractivity contribution in [3.63, 3.8) is 0 Å². The van der Waals surface area contributed by atoms with E-state index in [4.69, 9.17) is 11.6 Å². The Labute approximate surface area is 110 Å². The highest BCUT2D eigenvalue weighted by Crippen LogP contribution is 2.16. The molecule has 17 heavy (non-hydrogen) atoms. The third-order valence-electron chi connectivity index (χ3n) is 2.77. The molecule has 2 nitrogen and oxygen atoms in total. The molecule has 0 aliphatic rings. The van der Waals surface area contributed by atoms with Gasteiger partial charge in [0.05, 0.1) is 0 Å². The van der Waals surface area contributed by atoms with Crippen LogP contribution in [0.15, 0.2) is 24.3 Å². The zero-order chi connectivity index (χ0) is 12.7. The Bertz CT molecular complexity index is 309. The van der Waals surface area contributed by atoms with Crippen LogP contribution in [0.1, 0.15) is 18.9 Å². The summed E-state index contributed by atoms with van der Waals surface area (Å²) in [7, 11) is 4.22. The Kier molecular flexibility index (Phi) is 6.38. The van der Waals surface area contributed by atoms with E-state index in [1.165, 1.54) is 17.7 Å². The predicted molar refractivity (Wildman–Crippen MR) is 77.1 cm³/mol. The van der Waals surface area contributed by atoms with Crippen LogP contribution in [0, 0.1) is 0 Å². The Morgan fingerprint density at radius 3 is 2.12 bits per heavy atom. The topological polar surface area (TPSA) is 6.48 Å². The van der Waals surface area contributed by atoms with Crippen LogP contribution in [0.5, 0.6) is 0 Å². The third kappa shape index (κ3) is 4.97. The minimum atomic E-state index is 0.589. The average Bonchev–Trinajstić information content (AvgIpc) is 2.34. The van der Waals surface area contributed by atoms with E-state index < -0.39 is 0 Å². The lowest BCUT2D eigenvalue weighted by atomic mass is 10.2. The van der Waals surface area contributed by atoms with E-state index in [0.717, 1.165) is 19.6 Å². The smallest absolute Gasteiger partial charge is 0.0474 e. The summed E-state index contributed by atoms with van der Waals surface area (Å²) in [5.74, 6) is 0.589. The molecule has 0 unspecified atom stereocenters. The monoisotopic (exact) mass is 254 g/mol. The third-order valence-corrected chi connectivity index (χ3v) is 3.08. The Morgan fingerprint density at radius 1 is 1.00 bits per heavy atom. The van der Waals surface area contributed by atoms with Gasteiger partial charge in [0.25, 0.3) is 0 Å². The summed E-state index contributed by atoms with van der Waals surface area (Å²) in [5, 5.41) is 0. The normalized spacial score (nSPS) is 10.9. The van der Waals surface area contributed by atoms with Crippen molar-refractivity contribution < 1.29 is 0 Å². The number of likely N-dealkylation sites (N-methyl/N-ethyl adjacent to an activating group) is 1. The molecular weight excluding hydrogens is 232 g/mol. The lowest BCUT2D eigenvalue weighted by Crippen LogP contribution is -2.32. The van der Waals surface area contributed by atoms with E-state index in [-0.39, 0.29) is 0 Å². The molecule has 3 heteroatoms. The summed E-state index contributed by atoms with van der Waals surface area (Å²) in [6.45, 7) is 5.47. The summed E-state index contributed by atoms with van der Waals surface area (Å²) in [5.41, 5.74) is 2.47. The zero-order valence-corrected chi connectivity index (χ0v) is 11.9. The van der Waals surface area contributed by atoms with E-state index in [9.17, 15) is 0 Å². The number of hydrogen-bond acceptors (Lipinski definition) is 2. The van der Waals surface area contributed by atoms with Crippen LogP contribution in [0.2, 0.25) is 0 Å². The second-order valence-electron chi connectivity index (χ2n) is 4.59. The Morgan fingerprint density at radius 2 is 1.65 bits per heavy atom. The molecule has 0 saturated carbocycles. The van der Waals surface area contributed by atoms with Crippen LogP contribution >= 0.6 is 11.6 Å². The molecule has 0 saturated heterocycles. The number of alkyl halides is 1. The summed E-state index contributed by atoms with van der Waals surface area (Å²) in [4.78, 5) is 4.65. The van der Waals surface area contributed by atoms with E-state index in [0.29, 0.717) is 5.88 Å². The van der Waals surface area contributed by atoms with Crippen LogP contribution in [0.3, 0.4) is 0 Å². The van der Waals surface area contributed by atoms with Gasteiger partial charge < -0.3 is 9.80 Å². The quantitative estimate of drug-likeness (QED) is 0.690. The van der Waals surface area contributed by atoms with E-state index in [2.05, 4.69) is 55.1 Å². The molecule has 0 atom stereocenters. The summed E-state index contributed by atoms with van der Waals surface area (Å²) >= 11 is 5.80. The van der Waals surface area contributed by atoms with Crippen LogP contribution in [0.4, 0.5) is 5.69 Å². The molecular formula is C14H23ClN2. The van der Waals surface area contributed by atoms with Gasteiger partial charge in [-0.3, -0.25) is 0 Å². The lowest BCUT2D eigenvalue weighted by molar-refractivity contribution is 0.413. The van der Waals surface area contributed by atoms with Crippen molar-refractivity contribution in [3.05, 3.63) is 29.8 Å². The molecule has 0 radical (unpaired) electrons. The number of nitrogens with zero attached hydrogens (tertiary/aromatic N) is 2. The number of hydrogen-bond donors (Lipinski definition) is 0. The van der Waals surface area contributed by atoms with Crippen molar-refractivity contribution in [2.75, 3.05) is 38.6 Å². The second-order valence-corrected chi connectivity index (χ2v) is 4.86. The summed E-state index contributed by atoms with van der Waals surface area (Å²) < 4.78 is 0. The van der Waals surface area contributed by atoms with Gasteiger partial charge in [-0.15, -0.1) is 11.6 Å². The highest BCUT2D eigenvalue weighted by molar-refractivity contribution is 6.17. The number of benzene rings is 1. The van der Waals surface area contributed by atoms with Gasteiger partial charge in [0.1, 0.15) is 0 Å². The SMILES string of the molecule is CCCN(CCN(C)C)c1ccc(CCl)cc1. The van der Waals surface area contributed by atoms with E-state index in [1.54, 1.807) is 0 Å². The predicted octanol–water partition coefficient (Wildman–Crippen LogP) is 3.20. The highest BCUT2D eigenvalue weighted by atomic mass is 35.5. The average molecular weight is 255 g/mol. The molecule has 0 heterocycles. The van der Waals surface area contributed by atoms with Gasteiger partial charge in [-0.1, -0.05) is 19.1 Å². The Hall–Kier alpha value is -0.730. The molecule has 1 rings (SSSR count). The first kappa shape index (κ1) is 14.3. The van der Waals surface area contributed by atoms with Crippen molar-refractivity contribution >= 4 is 17.3 Å². The molecule has 0 fully saturated rings. The first-order valence-electron chi connectivity index (χ1n) is 6.22. The molecule has 0 N–H and O–H groups in total. The van der Waals surface area contributed by atoms with Gasteiger partial charge in [0.15, 0.2) is 0 Å². The van der Waals surface area contributed by atoms with Crippen molar-refractivity contribution in [2.24, 2.45) is 0 Å². The summed E-state index contributed by atoms with van der Waals surface area (Å²) in [6.07, 6.45) is 1.17. The molecule has 1 aromatic rings. The van der Waals surface area contributed by atoms with Gasteiger partial charge >= 0.3 is 0 Å². The van der Waals surface area contributed by atoms with Gasteiger partial charge in [0.2, 0.25) is 0 Å². The highest BCUT2D eigenvalue weighted by Gasteiger charge is 2.05. The number of rotatable bonds is 7. The van der Waals surface area contributed by atoms with Crippen molar-refractivity contribution in [1.82, 2.24) is 4.90 Å². The number of anilines is 1. The molecule has 0 amide bonds. The minimum Gasteiger partial charge on any atom is -0.370 e. The van der Waals surface area contributed by atoms with Crippen molar-refractivity contribution in [3.8, 4) is 0 Å². The van der Waals surface area contributed by atoms with Crippen LogP contribution in [-0.2, 0) is 5.88 Å². The standard InChI is InChI=1S/C14H23ClN2/c1-4-9-17(11-10-16(2)3)14-7-5-13(12-15)6-8-14/h5-8H,4,9-12H2,1-3H3. The zero-order valence-electron chi connectivity index (χ0n) is 11.1. The maximum atomic E-state index is 5.80.